The van der Waals surface area contributed by atoms with Crippen molar-refractivity contribution in [1.82, 2.24) is 0 Å². The molecule has 0 saturated carbocycles. The largest absolute Gasteiger partial charge is 0.497 e. The number of ether oxygens (including phenoxy) is 1. The van der Waals surface area contributed by atoms with E-state index < -0.39 is 12.0 Å². The number of benzene rings is 2. The first-order valence-electron chi connectivity index (χ1n) is 5.98. The van der Waals surface area contributed by atoms with Gasteiger partial charge in [0.2, 0.25) is 0 Å². The molecular weight excluding hydrogens is 278 g/mol. The van der Waals surface area contributed by atoms with E-state index in [0.717, 1.165) is 0 Å². The van der Waals surface area contributed by atoms with Gasteiger partial charge in [0.25, 0.3) is 5.91 Å². The highest BCUT2D eigenvalue weighted by molar-refractivity contribution is 6.30. The Hall–Kier alpha value is -2.04. The second-order valence-electron chi connectivity index (χ2n) is 4.18. The van der Waals surface area contributed by atoms with Gasteiger partial charge in [0.15, 0.2) is 6.10 Å². The molecule has 0 aliphatic heterocycles. The summed E-state index contributed by atoms with van der Waals surface area (Å²) in [5.74, 6) is 0.0534. The summed E-state index contributed by atoms with van der Waals surface area (Å²) < 4.78 is 5.06. The number of carbonyl (C=O) groups excluding carboxylic acids is 1. The molecule has 0 aliphatic rings. The number of hydrogen-bond acceptors (Lipinski definition) is 3. The van der Waals surface area contributed by atoms with Crippen molar-refractivity contribution >= 4 is 23.2 Å². The van der Waals surface area contributed by atoms with Gasteiger partial charge in [-0.05, 0) is 35.9 Å². The van der Waals surface area contributed by atoms with Crippen LogP contribution in [0.2, 0.25) is 5.02 Å². The number of rotatable bonds is 4. The van der Waals surface area contributed by atoms with E-state index in [4.69, 9.17) is 16.3 Å². The second-order valence-corrected chi connectivity index (χ2v) is 4.62. The van der Waals surface area contributed by atoms with Crippen molar-refractivity contribution in [2.24, 2.45) is 0 Å². The Labute approximate surface area is 122 Å². The lowest BCUT2D eigenvalue weighted by Gasteiger charge is -2.12. The smallest absolute Gasteiger partial charge is 0.257 e. The fourth-order valence-electron chi connectivity index (χ4n) is 1.74. The number of aliphatic hydroxyl groups is 1. The van der Waals surface area contributed by atoms with Crippen molar-refractivity contribution in [2.75, 3.05) is 12.4 Å². The minimum Gasteiger partial charge on any atom is -0.497 e. The molecule has 0 heterocycles. The van der Waals surface area contributed by atoms with Gasteiger partial charge in [-0.15, -0.1) is 0 Å². The van der Waals surface area contributed by atoms with E-state index in [2.05, 4.69) is 5.32 Å². The van der Waals surface area contributed by atoms with Crippen molar-refractivity contribution in [3.05, 3.63) is 59.1 Å². The molecule has 2 aromatic carbocycles. The molecule has 104 valence electrons. The molecule has 2 rings (SSSR count). The van der Waals surface area contributed by atoms with E-state index in [0.29, 0.717) is 22.0 Å². The van der Waals surface area contributed by atoms with Crippen LogP contribution >= 0.6 is 11.6 Å². The van der Waals surface area contributed by atoms with Crippen LogP contribution in [-0.4, -0.2) is 18.1 Å². The minimum atomic E-state index is -1.27. The Bertz CT molecular complexity index is 616. The predicted octanol–water partition coefficient (Wildman–Crippen LogP) is 3.02. The molecule has 0 aromatic heterocycles. The van der Waals surface area contributed by atoms with Crippen LogP contribution in [0, 0.1) is 0 Å². The Morgan fingerprint density at radius 3 is 2.70 bits per heavy atom. The SMILES string of the molecule is COc1cccc(C(O)C(=O)Nc2cccc(Cl)c2)c1. The van der Waals surface area contributed by atoms with E-state index in [1.165, 1.54) is 7.11 Å². The number of amides is 1. The number of hydrogen-bond donors (Lipinski definition) is 2. The number of methoxy groups -OCH3 is 1. The molecule has 0 radical (unpaired) electrons. The van der Waals surface area contributed by atoms with Crippen LogP contribution < -0.4 is 10.1 Å². The molecule has 20 heavy (non-hydrogen) atoms. The highest BCUT2D eigenvalue weighted by Crippen LogP contribution is 2.21. The average molecular weight is 292 g/mol. The molecule has 4 nitrogen and oxygen atoms in total. The average Bonchev–Trinajstić information content (AvgIpc) is 2.46. The summed E-state index contributed by atoms with van der Waals surface area (Å²) in [7, 11) is 1.53. The summed E-state index contributed by atoms with van der Waals surface area (Å²) in [5, 5.41) is 13.2. The quantitative estimate of drug-likeness (QED) is 0.910. The van der Waals surface area contributed by atoms with Gasteiger partial charge in [0.05, 0.1) is 7.11 Å². The first-order valence-corrected chi connectivity index (χ1v) is 6.36. The molecule has 5 heteroatoms. The van der Waals surface area contributed by atoms with E-state index in [-0.39, 0.29) is 0 Å². The zero-order chi connectivity index (χ0) is 14.5. The van der Waals surface area contributed by atoms with Gasteiger partial charge in [-0.1, -0.05) is 29.8 Å². The van der Waals surface area contributed by atoms with Gasteiger partial charge in [0.1, 0.15) is 5.75 Å². The molecular formula is C15H14ClNO3. The summed E-state index contributed by atoms with van der Waals surface area (Å²) >= 11 is 5.83. The number of nitrogens with one attached hydrogen (secondary N) is 1. The van der Waals surface area contributed by atoms with Crippen LogP contribution in [0.25, 0.3) is 0 Å². The fourth-order valence-corrected chi connectivity index (χ4v) is 1.93. The molecule has 0 fully saturated rings. The van der Waals surface area contributed by atoms with Gasteiger partial charge >= 0.3 is 0 Å². The highest BCUT2D eigenvalue weighted by atomic mass is 35.5. The maximum atomic E-state index is 12.0. The second kappa shape index (κ2) is 6.41. The third-order valence-corrected chi connectivity index (χ3v) is 2.99. The Balaban J connectivity index is 2.12. The fraction of sp³-hybridized carbons (Fsp3) is 0.133. The molecule has 0 aliphatic carbocycles. The molecule has 0 spiro atoms. The predicted molar refractivity (Wildman–Crippen MR) is 78.0 cm³/mol. The Morgan fingerprint density at radius 2 is 2.00 bits per heavy atom. The van der Waals surface area contributed by atoms with Crippen LogP contribution in [-0.2, 0) is 4.79 Å². The van der Waals surface area contributed by atoms with E-state index in [1.54, 1.807) is 48.5 Å². The van der Waals surface area contributed by atoms with Crippen molar-refractivity contribution in [1.29, 1.82) is 0 Å². The summed E-state index contributed by atoms with van der Waals surface area (Å²) in [6.07, 6.45) is -1.27. The zero-order valence-corrected chi connectivity index (χ0v) is 11.6. The summed E-state index contributed by atoms with van der Waals surface area (Å²) in [5.41, 5.74) is 0.994. The highest BCUT2D eigenvalue weighted by Gasteiger charge is 2.18. The van der Waals surface area contributed by atoms with Crippen LogP contribution in [0.15, 0.2) is 48.5 Å². The standard InChI is InChI=1S/C15H14ClNO3/c1-20-13-7-2-4-10(8-13)14(18)15(19)17-12-6-3-5-11(16)9-12/h2-9,14,18H,1H3,(H,17,19). The first kappa shape index (κ1) is 14.4. The lowest BCUT2D eigenvalue weighted by atomic mass is 10.1. The summed E-state index contributed by atoms with van der Waals surface area (Å²) in [6.45, 7) is 0. The summed E-state index contributed by atoms with van der Waals surface area (Å²) in [4.78, 5) is 12.0. The maximum Gasteiger partial charge on any atom is 0.257 e. The Morgan fingerprint density at radius 1 is 1.25 bits per heavy atom. The van der Waals surface area contributed by atoms with Crippen molar-refractivity contribution < 1.29 is 14.6 Å². The lowest BCUT2D eigenvalue weighted by Crippen LogP contribution is -2.20. The summed E-state index contributed by atoms with van der Waals surface area (Å²) in [6, 6.07) is 13.5. The minimum absolute atomic E-state index is 0.462. The lowest BCUT2D eigenvalue weighted by molar-refractivity contribution is -0.124. The van der Waals surface area contributed by atoms with Gasteiger partial charge in [-0.3, -0.25) is 4.79 Å². The van der Waals surface area contributed by atoms with Gasteiger partial charge < -0.3 is 15.2 Å². The topological polar surface area (TPSA) is 58.6 Å². The molecule has 2 N–H and O–H groups in total. The molecule has 2 aromatic rings. The number of anilines is 1. The molecule has 0 bridgehead atoms. The van der Waals surface area contributed by atoms with Crippen LogP contribution in [0.1, 0.15) is 11.7 Å². The van der Waals surface area contributed by atoms with Gasteiger partial charge in [-0.25, -0.2) is 0 Å². The van der Waals surface area contributed by atoms with Crippen molar-refractivity contribution in [3.63, 3.8) is 0 Å². The monoisotopic (exact) mass is 291 g/mol. The van der Waals surface area contributed by atoms with Crippen LogP contribution in [0.4, 0.5) is 5.69 Å². The third kappa shape index (κ3) is 3.50. The number of aliphatic hydroxyl groups excluding tert-OH is 1. The molecule has 1 atom stereocenters. The molecule has 1 amide bonds. The van der Waals surface area contributed by atoms with Crippen molar-refractivity contribution in [2.45, 2.75) is 6.10 Å². The number of carbonyl (C=O) groups is 1. The Kier molecular flexibility index (Phi) is 4.61. The molecule has 1 unspecified atom stereocenters. The van der Waals surface area contributed by atoms with Crippen LogP contribution in [0.3, 0.4) is 0 Å². The number of halogens is 1. The van der Waals surface area contributed by atoms with Crippen molar-refractivity contribution in [3.8, 4) is 5.75 Å². The maximum absolute atomic E-state index is 12.0. The van der Waals surface area contributed by atoms with Gasteiger partial charge in [-0.2, -0.15) is 0 Å². The molecule has 0 saturated heterocycles. The third-order valence-electron chi connectivity index (χ3n) is 2.75. The van der Waals surface area contributed by atoms with Crippen LogP contribution in [0.5, 0.6) is 5.75 Å². The van der Waals surface area contributed by atoms with E-state index >= 15 is 0 Å². The first-order chi connectivity index (χ1) is 9.60. The van der Waals surface area contributed by atoms with E-state index in [9.17, 15) is 9.90 Å². The van der Waals surface area contributed by atoms with Gasteiger partial charge in [0, 0.05) is 10.7 Å². The zero-order valence-electron chi connectivity index (χ0n) is 10.8. The van der Waals surface area contributed by atoms with E-state index in [1.807, 2.05) is 0 Å². The normalized spacial score (nSPS) is 11.8.